The SMILES string of the molecule is CS(=O)(=O)c1ccc(-n2nc(C#N)c(OC3CCN(C(=O)O)CC3)cc2=O)cc1. The third-order valence-electron chi connectivity index (χ3n) is 4.52. The quantitative estimate of drug-likeness (QED) is 0.775. The van der Waals surface area contributed by atoms with Gasteiger partial charge < -0.3 is 14.7 Å². The minimum atomic E-state index is -3.38. The number of hydrogen-bond donors (Lipinski definition) is 1. The molecule has 0 bridgehead atoms. The number of nitrogens with zero attached hydrogens (tertiary/aromatic N) is 4. The lowest BCUT2D eigenvalue weighted by Gasteiger charge is -2.30. The second-order valence-electron chi connectivity index (χ2n) is 6.57. The first kappa shape index (κ1) is 20.3. The van der Waals surface area contributed by atoms with Crippen LogP contribution in [0.1, 0.15) is 18.5 Å². The van der Waals surface area contributed by atoms with Crippen LogP contribution in [0.5, 0.6) is 5.75 Å². The average molecular weight is 418 g/mol. The summed E-state index contributed by atoms with van der Waals surface area (Å²) < 4.78 is 29.9. The molecule has 1 aliphatic rings. The number of hydrogen-bond acceptors (Lipinski definition) is 7. The molecule has 11 heteroatoms. The maximum absolute atomic E-state index is 12.5. The molecule has 0 unspecified atom stereocenters. The molecular formula is C18H18N4O6S. The number of carbonyl (C=O) groups is 1. The largest absolute Gasteiger partial charge is 0.487 e. The van der Waals surface area contributed by atoms with E-state index in [9.17, 15) is 23.3 Å². The second-order valence-corrected chi connectivity index (χ2v) is 8.59. The van der Waals surface area contributed by atoms with Crippen LogP contribution < -0.4 is 10.3 Å². The summed E-state index contributed by atoms with van der Waals surface area (Å²) in [5.74, 6) is 0.0373. The van der Waals surface area contributed by atoms with E-state index in [0.29, 0.717) is 31.6 Å². The minimum absolute atomic E-state index is 0.0373. The predicted molar refractivity (Wildman–Crippen MR) is 101 cm³/mol. The molecule has 0 atom stereocenters. The Bertz CT molecular complexity index is 1130. The molecule has 1 amide bonds. The van der Waals surface area contributed by atoms with Crippen LogP contribution in [0.2, 0.25) is 0 Å². The summed E-state index contributed by atoms with van der Waals surface area (Å²) in [6.45, 7) is 0.609. The van der Waals surface area contributed by atoms with Crippen molar-refractivity contribution in [3.63, 3.8) is 0 Å². The first-order valence-corrected chi connectivity index (χ1v) is 10.6. The van der Waals surface area contributed by atoms with Crippen LogP contribution in [0.4, 0.5) is 4.79 Å². The number of piperidine rings is 1. The number of benzene rings is 1. The average Bonchev–Trinajstić information content (AvgIpc) is 2.68. The van der Waals surface area contributed by atoms with Crippen molar-refractivity contribution in [2.24, 2.45) is 0 Å². The van der Waals surface area contributed by atoms with Gasteiger partial charge in [-0.15, -0.1) is 5.10 Å². The van der Waals surface area contributed by atoms with E-state index >= 15 is 0 Å². The van der Waals surface area contributed by atoms with Gasteiger partial charge >= 0.3 is 6.09 Å². The first-order chi connectivity index (χ1) is 13.7. The van der Waals surface area contributed by atoms with Gasteiger partial charge in [0.1, 0.15) is 12.2 Å². The molecule has 3 rings (SSSR count). The number of rotatable bonds is 4. The second kappa shape index (κ2) is 7.92. The highest BCUT2D eigenvalue weighted by Gasteiger charge is 2.25. The molecule has 1 N–H and O–H groups in total. The van der Waals surface area contributed by atoms with Crippen LogP contribution in [0.25, 0.3) is 5.69 Å². The Morgan fingerprint density at radius 3 is 2.41 bits per heavy atom. The molecule has 0 aliphatic carbocycles. The topological polar surface area (TPSA) is 143 Å². The molecule has 0 radical (unpaired) electrons. The van der Waals surface area contributed by atoms with Crippen LogP contribution in [-0.2, 0) is 9.84 Å². The first-order valence-electron chi connectivity index (χ1n) is 8.68. The number of carboxylic acid groups (broad SMARTS) is 1. The highest BCUT2D eigenvalue weighted by Crippen LogP contribution is 2.21. The Labute approximate surface area is 166 Å². The van der Waals surface area contributed by atoms with Crippen LogP contribution in [-0.4, -0.2) is 59.7 Å². The van der Waals surface area contributed by atoms with Gasteiger partial charge in [-0.3, -0.25) is 4.79 Å². The molecule has 1 aliphatic heterocycles. The van der Waals surface area contributed by atoms with Gasteiger partial charge in [-0.05, 0) is 24.3 Å². The van der Waals surface area contributed by atoms with Gasteiger partial charge in [0.25, 0.3) is 5.56 Å². The number of ether oxygens (including phenoxy) is 1. The van der Waals surface area contributed by atoms with Gasteiger partial charge in [0.05, 0.1) is 16.6 Å². The zero-order valence-corrected chi connectivity index (χ0v) is 16.3. The molecule has 0 saturated carbocycles. The molecule has 1 fully saturated rings. The molecule has 29 heavy (non-hydrogen) atoms. The van der Waals surface area contributed by atoms with E-state index in [2.05, 4.69) is 5.10 Å². The van der Waals surface area contributed by atoms with Gasteiger partial charge in [0.2, 0.25) is 5.69 Å². The molecule has 1 saturated heterocycles. The molecule has 0 spiro atoms. The predicted octanol–water partition coefficient (Wildman–Crippen LogP) is 1.03. The van der Waals surface area contributed by atoms with E-state index < -0.39 is 21.5 Å². The van der Waals surface area contributed by atoms with Gasteiger partial charge in [-0.2, -0.15) is 9.94 Å². The molecule has 10 nitrogen and oxygen atoms in total. The van der Waals surface area contributed by atoms with E-state index in [-0.39, 0.29) is 22.4 Å². The van der Waals surface area contributed by atoms with E-state index in [1.54, 1.807) is 0 Å². The summed E-state index contributed by atoms with van der Waals surface area (Å²) in [7, 11) is -3.38. The highest BCUT2D eigenvalue weighted by molar-refractivity contribution is 7.90. The summed E-state index contributed by atoms with van der Waals surface area (Å²) in [5.41, 5.74) is -0.341. The molecule has 1 aromatic carbocycles. The number of aromatic nitrogens is 2. The van der Waals surface area contributed by atoms with Gasteiger partial charge in [-0.1, -0.05) is 0 Å². The van der Waals surface area contributed by atoms with E-state index in [4.69, 9.17) is 9.84 Å². The van der Waals surface area contributed by atoms with E-state index in [1.165, 1.54) is 29.2 Å². The van der Waals surface area contributed by atoms with Crippen LogP contribution in [0.3, 0.4) is 0 Å². The fourth-order valence-electron chi connectivity index (χ4n) is 2.97. The van der Waals surface area contributed by atoms with Crippen molar-refractivity contribution in [2.75, 3.05) is 19.3 Å². The Morgan fingerprint density at radius 2 is 1.90 bits per heavy atom. The standard InChI is InChI=1S/C18H18N4O6S/c1-29(26,27)14-4-2-12(3-5-14)22-17(23)10-16(15(11-19)20-22)28-13-6-8-21(9-7-13)18(24)25/h2-5,10,13H,6-9H2,1H3,(H,24,25). The lowest BCUT2D eigenvalue weighted by Crippen LogP contribution is -2.41. The summed E-state index contributed by atoms with van der Waals surface area (Å²) >= 11 is 0. The normalized spacial score (nSPS) is 15.0. The molecular weight excluding hydrogens is 400 g/mol. The van der Waals surface area contributed by atoms with Crippen molar-refractivity contribution < 1.29 is 23.1 Å². The lowest BCUT2D eigenvalue weighted by atomic mass is 10.1. The molecule has 1 aromatic heterocycles. The Morgan fingerprint density at radius 1 is 1.28 bits per heavy atom. The van der Waals surface area contributed by atoms with Crippen molar-refractivity contribution >= 4 is 15.9 Å². The summed E-state index contributed by atoms with van der Waals surface area (Å²) in [5, 5.41) is 22.4. The van der Waals surface area contributed by atoms with E-state index in [1.807, 2.05) is 6.07 Å². The molecule has 2 heterocycles. The van der Waals surface area contributed by atoms with Gasteiger partial charge in [0.15, 0.2) is 15.6 Å². The minimum Gasteiger partial charge on any atom is -0.487 e. The van der Waals surface area contributed by atoms with E-state index in [0.717, 1.165) is 17.0 Å². The van der Waals surface area contributed by atoms with Crippen molar-refractivity contribution in [3.05, 3.63) is 46.4 Å². The maximum atomic E-state index is 12.5. The smallest absolute Gasteiger partial charge is 0.407 e. The lowest BCUT2D eigenvalue weighted by molar-refractivity contribution is 0.0889. The fourth-order valence-corrected chi connectivity index (χ4v) is 3.60. The fraction of sp³-hybridized carbons (Fsp3) is 0.333. The monoisotopic (exact) mass is 418 g/mol. The molecule has 2 aromatic rings. The van der Waals surface area contributed by atoms with Crippen LogP contribution >= 0.6 is 0 Å². The van der Waals surface area contributed by atoms with Crippen LogP contribution in [0.15, 0.2) is 40.0 Å². The maximum Gasteiger partial charge on any atom is 0.407 e. The number of likely N-dealkylation sites (tertiary alicyclic amines) is 1. The molecule has 152 valence electrons. The van der Waals surface area contributed by atoms with Crippen molar-refractivity contribution in [1.82, 2.24) is 14.7 Å². The third kappa shape index (κ3) is 4.55. The van der Waals surface area contributed by atoms with Crippen molar-refractivity contribution in [3.8, 4) is 17.5 Å². The highest BCUT2D eigenvalue weighted by atomic mass is 32.2. The zero-order valence-electron chi connectivity index (χ0n) is 15.5. The van der Waals surface area contributed by atoms with Crippen molar-refractivity contribution in [1.29, 1.82) is 5.26 Å². The van der Waals surface area contributed by atoms with Gasteiger partial charge in [-0.25, -0.2) is 13.2 Å². The van der Waals surface area contributed by atoms with Gasteiger partial charge in [0, 0.05) is 32.2 Å². The Balaban J connectivity index is 1.84. The zero-order chi connectivity index (χ0) is 21.2. The summed E-state index contributed by atoms with van der Waals surface area (Å²) in [6, 6.07) is 8.60. The Kier molecular flexibility index (Phi) is 5.56. The Hall–Kier alpha value is -3.39. The number of nitriles is 1. The third-order valence-corrected chi connectivity index (χ3v) is 5.65. The summed E-state index contributed by atoms with van der Waals surface area (Å²) in [6.07, 6.45) is 0.629. The number of amides is 1. The van der Waals surface area contributed by atoms with Crippen LogP contribution in [0, 0.1) is 11.3 Å². The summed E-state index contributed by atoms with van der Waals surface area (Å²) in [4.78, 5) is 24.8. The van der Waals surface area contributed by atoms with Crippen molar-refractivity contribution in [2.45, 2.75) is 23.8 Å². The number of sulfone groups is 1.